The molecule has 26 heavy (non-hydrogen) atoms. The molecular formula is C22H43NO2S. The molecule has 0 saturated carbocycles. The maximum absolute atomic E-state index is 11.3. The predicted molar refractivity (Wildman–Crippen MR) is 137 cm³/mol. The minimum Gasteiger partial charge on any atom is -0.330 e. The highest BCUT2D eigenvalue weighted by molar-refractivity contribution is 7.91. The summed E-state index contributed by atoms with van der Waals surface area (Å²) in [7, 11) is -2.90. The summed E-state index contributed by atoms with van der Waals surface area (Å²) >= 11 is 0. The van der Waals surface area contributed by atoms with Crippen LogP contribution in [-0.2, 0) is 9.84 Å². The lowest BCUT2D eigenvalue weighted by Crippen LogP contribution is -2.37. The number of sulfone groups is 1. The van der Waals surface area contributed by atoms with Gasteiger partial charge in [-0.2, -0.15) is 0 Å². The van der Waals surface area contributed by atoms with Crippen LogP contribution >= 0.6 is 0 Å². The smallest absolute Gasteiger partial charge is 0.153 e. The highest BCUT2D eigenvalue weighted by Crippen LogP contribution is 2.01. The zero-order valence-electron chi connectivity index (χ0n) is 13.6. The van der Waals surface area contributed by atoms with E-state index in [0.717, 1.165) is 0 Å². The lowest BCUT2D eigenvalue weighted by Gasteiger charge is -2.21. The quantitative estimate of drug-likeness (QED) is 0.599. The second-order valence-corrected chi connectivity index (χ2v) is 6.57. The Hall–Kier alpha value is -4.21. The maximum atomic E-state index is 11.3. The van der Waals surface area contributed by atoms with E-state index >= 15 is 0 Å². The molecule has 0 aromatic rings. The molecule has 0 aromatic heterocycles. The summed E-state index contributed by atoms with van der Waals surface area (Å²) in [6, 6.07) is 2.78. The number of terminal acetylenes is 1. The van der Waals surface area contributed by atoms with E-state index < -0.39 is 9.84 Å². The van der Waals surface area contributed by atoms with E-state index in [0.29, 0.717) is 13.1 Å². The molecule has 0 aliphatic carbocycles. The predicted octanol–water partition coefficient (Wildman–Crippen LogP) is 3.52. The summed E-state index contributed by atoms with van der Waals surface area (Å²) in [5.41, 5.74) is 0. The summed E-state index contributed by atoms with van der Waals surface area (Å²) < 4.78 is 22.5. The van der Waals surface area contributed by atoms with Crippen molar-refractivity contribution in [3.05, 3.63) is 0 Å². The molecule has 3 nitrogen and oxygen atoms in total. The van der Waals surface area contributed by atoms with Crippen LogP contribution in [0, 0.1) is 107 Å². The summed E-state index contributed by atoms with van der Waals surface area (Å²) in [5.74, 6) is 39.6. The molecule has 1 fully saturated rings. The second kappa shape index (κ2) is 12.2. The molecule has 1 aliphatic heterocycles. The van der Waals surface area contributed by atoms with Gasteiger partial charge >= 0.3 is 0 Å². The Morgan fingerprint density at radius 1 is 0.615 bits per heavy atom. The fourth-order valence-electron chi connectivity index (χ4n) is 1.37. The lowest BCUT2D eigenvalue weighted by molar-refractivity contribution is 0.424. The number of hydrogen-bond donors (Lipinski definition) is 0. The molecule has 1 aliphatic rings. The molecule has 0 bridgehead atoms. The molecule has 0 amide bonds. The Balaban J connectivity index is -0.0000000265. The molecule has 0 aromatic carbocycles. The van der Waals surface area contributed by atoms with Gasteiger partial charge in [0.1, 0.15) is 0 Å². The second-order valence-electron chi connectivity index (χ2n) is 4.27. The average Bonchev–Trinajstić information content (AvgIpc) is 2.62. The molecule has 1 saturated heterocycles. The molecule has 0 radical (unpaired) electrons. The molecule has 0 unspecified atom stereocenters. The maximum Gasteiger partial charge on any atom is 0.153 e. The Labute approximate surface area is 180 Å². The molecule has 0 spiro atoms. The summed E-state index contributed by atoms with van der Waals surface area (Å²) in [6.45, 7) is 0.805. The van der Waals surface area contributed by atoms with Crippen molar-refractivity contribution in [1.29, 1.82) is 0 Å². The van der Waals surface area contributed by atoms with Crippen LogP contribution in [0.2, 0.25) is 0 Å². The van der Waals surface area contributed by atoms with Crippen LogP contribution in [0.25, 0.3) is 0 Å². The van der Waals surface area contributed by atoms with Crippen LogP contribution in [0.15, 0.2) is 0 Å². The van der Waals surface area contributed by atoms with E-state index in [9.17, 15) is 8.42 Å². The van der Waals surface area contributed by atoms with Crippen molar-refractivity contribution in [2.24, 2.45) is 0 Å². The first-order valence-electron chi connectivity index (χ1n) is 7.06. The van der Waals surface area contributed by atoms with E-state index in [4.69, 9.17) is 6.42 Å². The topological polar surface area (TPSA) is 37.4 Å². The van der Waals surface area contributed by atoms with Gasteiger partial charge in [0, 0.05) is 90.8 Å². The monoisotopic (exact) mass is 385 g/mol. The fourth-order valence-corrected chi connectivity index (χ4v) is 2.57. The van der Waals surface area contributed by atoms with Gasteiger partial charge in [-0.05, 0) is 47.4 Å². The normalized spacial score (nSPS) is 11.6. The van der Waals surface area contributed by atoms with E-state index in [-0.39, 0.29) is 35.8 Å². The SMILES string of the molecule is C#CC#CC#CC#CC#CC#CC#CC#CC#CN1CCS(=O)(=O)CC1.[HH].[HH].[HH].[HH].[HH].[HH].[HH].[HH].[HH].[HH].[HH].[HH].[HH].[HH].[HH].[HH].[HH]. The van der Waals surface area contributed by atoms with Gasteiger partial charge in [-0.15, -0.1) is 6.42 Å². The molecule has 154 valence electrons. The highest BCUT2D eigenvalue weighted by Gasteiger charge is 2.19. The van der Waals surface area contributed by atoms with Crippen LogP contribution in [0.5, 0.6) is 0 Å². The van der Waals surface area contributed by atoms with E-state index in [1.807, 2.05) is 0 Å². The summed E-state index contributed by atoms with van der Waals surface area (Å²) in [4.78, 5) is 1.73. The van der Waals surface area contributed by atoms with Crippen LogP contribution in [0.1, 0.15) is 24.3 Å². The molecule has 1 heterocycles. The first-order valence-corrected chi connectivity index (χ1v) is 8.88. The van der Waals surface area contributed by atoms with E-state index in [1.165, 1.54) is 0 Å². The van der Waals surface area contributed by atoms with Crippen molar-refractivity contribution in [3.8, 4) is 107 Å². The molecule has 1 rings (SSSR count). The first-order chi connectivity index (χ1) is 12.6. The van der Waals surface area contributed by atoms with Crippen molar-refractivity contribution < 1.29 is 32.7 Å². The van der Waals surface area contributed by atoms with Gasteiger partial charge in [0.05, 0.1) is 11.5 Å². The first kappa shape index (κ1) is 19.8. The highest BCUT2D eigenvalue weighted by atomic mass is 32.2. The minimum atomic E-state index is -2.90. The average molecular weight is 386 g/mol. The Kier molecular flexibility index (Phi) is 9.34. The van der Waals surface area contributed by atoms with Crippen molar-refractivity contribution in [2.75, 3.05) is 24.6 Å². The molecule has 4 heteroatoms. The zero-order chi connectivity index (χ0) is 18.9. The summed E-state index contributed by atoms with van der Waals surface area (Å²) in [5, 5.41) is 0. The van der Waals surface area contributed by atoms with Gasteiger partial charge in [-0.25, -0.2) is 8.42 Å². The van der Waals surface area contributed by atoms with Crippen molar-refractivity contribution in [3.63, 3.8) is 0 Å². The molecular weight excluding hydrogens is 342 g/mol. The lowest BCUT2D eigenvalue weighted by atomic mass is 10.5. The van der Waals surface area contributed by atoms with E-state index in [1.54, 1.807) is 4.90 Å². The number of nitrogens with zero attached hydrogens (tertiary/aromatic N) is 1. The van der Waals surface area contributed by atoms with Gasteiger partial charge < -0.3 is 4.90 Å². The summed E-state index contributed by atoms with van der Waals surface area (Å²) in [6.07, 6.45) is 4.91. The van der Waals surface area contributed by atoms with Crippen LogP contribution in [0.3, 0.4) is 0 Å². The van der Waals surface area contributed by atoms with Crippen molar-refractivity contribution in [1.82, 2.24) is 4.90 Å². The van der Waals surface area contributed by atoms with Gasteiger partial charge in [-0.3, -0.25) is 0 Å². The third kappa shape index (κ3) is 10.5. The Bertz CT molecular complexity index is 1230. The Morgan fingerprint density at radius 3 is 1.35 bits per heavy atom. The minimum absolute atomic E-state index is 0. The largest absolute Gasteiger partial charge is 0.330 e. The standard InChI is InChI=1S/C22H9NO2S.17H2/c1-2-3-4-5-6-7-8-9-10-11-12-13-14-15-16-17-18-23-19-21-26(24,25)22-20-23;;;;;;;;;;;;;;;;;/h1H,19-22H2;17*1H. The van der Waals surface area contributed by atoms with Gasteiger partial charge in [0.15, 0.2) is 9.84 Å². The van der Waals surface area contributed by atoms with Crippen LogP contribution in [-0.4, -0.2) is 37.9 Å². The zero-order valence-corrected chi connectivity index (χ0v) is 14.4. The third-order valence-corrected chi connectivity index (χ3v) is 4.11. The van der Waals surface area contributed by atoms with Crippen molar-refractivity contribution in [2.45, 2.75) is 0 Å². The third-order valence-electron chi connectivity index (χ3n) is 2.51. The van der Waals surface area contributed by atoms with Crippen LogP contribution in [0.4, 0.5) is 0 Å². The Morgan fingerprint density at radius 2 is 0.962 bits per heavy atom. The van der Waals surface area contributed by atoms with Crippen LogP contribution < -0.4 is 0 Å². The molecule has 0 atom stereocenters. The van der Waals surface area contributed by atoms with Gasteiger partial charge in [-0.1, -0.05) is 0 Å². The van der Waals surface area contributed by atoms with E-state index in [2.05, 4.69) is 101 Å². The van der Waals surface area contributed by atoms with Gasteiger partial charge in [0.25, 0.3) is 0 Å². The van der Waals surface area contributed by atoms with Gasteiger partial charge in [0.2, 0.25) is 0 Å². The molecule has 0 N–H and O–H groups in total. The number of rotatable bonds is 0. The van der Waals surface area contributed by atoms with Crippen molar-refractivity contribution >= 4 is 9.84 Å². The number of hydrogen-bond acceptors (Lipinski definition) is 3. The fraction of sp³-hybridized carbons (Fsp3) is 0.182.